The van der Waals surface area contributed by atoms with Crippen LogP contribution in [0.25, 0.3) is 88.0 Å². The van der Waals surface area contributed by atoms with Gasteiger partial charge in [-0.25, -0.2) is 0 Å². The first-order valence-electron chi connectivity index (χ1n) is 24.2. The number of fused-ring (bicyclic) bond motifs is 5. The van der Waals surface area contributed by atoms with Crippen LogP contribution in [0.2, 0.25) is 0 Å². The molecule has 1 aromatic heterocycles. The molecule has 3 nitrogen and oxygen atoms in total. The number of hydrogen-bond acceptors (Lipinski definition) is 3. The van der Waals surface area contributed by atoms with E-state index in [1.54, 1.807) is 0 Å². The Morgan fingerprint density at radius 2 is 0.577 bits per heavy atom. The van der Waals surface area contributed by atoms with Crippen molar-refractivity contribution in [3.63, 3.8) is 0 Å². The number of anilines is 6. The van der Waals surface area contributed by atoms with Crippen molar-refractivity contribution in [2.45, 2.75) is 0 Å². The number of benzene rings is 12. The van der Waals surface area contributed by atoms with Gasteiger partial charge in [0, 0.05) is 44.6 Å². The van der Waals surface area contributed by atoms with E-state index in [2.05, 4.69) is 289 Å². The lowest BCUT2D eigenvalue weighted by Crippen LogP contribution is -2.11. The first kappa shape index (κ1) is 41.7. The van der Waals surface area contributed by atoms with Crippen LogP contribution in [0.15, 0.2) is 283 Å². The molecule has 12 aromatic carbocycles. The van der Waals surface area contributed by atoms with Crippen LogP contribution < -0.4 is 9.80 Å². The molecular formula is C68H46N2O. The summed E-state index contributed by atoms with van der Waals surface area (Å²) in [4.78, 5) is 4.76. The number of nitrogens with zero attached hydrogens (tertiary/aromatic N) is 2. The average Bonchev–Trinajstić information content (AvgIpc) is 3.79. The first-order valence-corrected chi connectivity index (χ1v) is 24.2. The predicted octanol–water partition coefficient (Wildman–Crippen LogP) is 19.5. The predicted molar refractivity (Wildman–Crippen MR) is 300 cm³/mol. The normalized spacial score (nSPS) is 11.4. The Balaban J connectivity index is 0.921. The van der Waals surface area contributed by atoms with Crippen LogP contribution in [-0.2, 0) is 0 Å². The summed E-state index contributed by atoms with van der Waals surface area (Å²) in [5.74, 6) is 0. The monoisotopic (exact) mass is 906 g/mol. The van der Waals surface area contributed by atoms with Crippen LogP contribution in [0.4, 0.5) is 34.1 Å². The Morgan fingerprint density at radius 3 is 0.958 bits per heavy atom. The zero-order valence-electron chi connectivity index (χ0n) is 38.9. The second-order valence-corrected chi connectivity index (χ2v) is 18.1. The molecule has 0 aliphatic carbocycles. The smallest absolute Gasteiger partial charge is 0.136 e. The molecule has 0 N–H and O–H groups in total. The molecule has 71 heavy (non-hydrogen) atoms. The van der Waals surface area contributed by atoms with E-state index in [1.165, 1.54) is 22.3 Å². The van der Waals surface area contributed by atoms with Crippen molar-refractivity contribution in [3.8, 4) is 44.5 Å². The van der Waals surface area contributed by atoms with Crippen LogP contribution in [0, 0.1) is 0 Å². The molecule has 0 amide bonds. The molecule has 334 valence electrons. The Labute approximate surface area is 413 Å². The summed E-state index contributed by atoms with van der Waals surface area (Å²) < 4.78 is 6.85. The van der Waals surface area contributed by atoms with Gasteiger partial charge in [-0.05, 0) is 152 Å². The first-order chi connectivity index (χ1) is 35.2. The van der Waals surface area contributed by atoms with Crippen LogP contribution >= 0.6 is 0 Å². The maximum atomic E-state index is 6.85. The molecule has 13 rings (SSSR count). The van der Waals surface area contributed by atoms with Gasteiger partial charge in [-0.1, -0.05) is 182 Å². The Hall–Kier alpha value is -9.44. The number of furan rings is 1. The molecule has 0 aliphatic rings. The zero-order valence-corrected chi connectivity index (χ0v) is 38.9. The highest BCUT2D eigenvalue weighted by atomic mass is 16.3. The van der Waals surface area contributed by atoms with Gasteiger partial charge in [0.2, 0.25) is 0 Å². The summed E-state index contributed by atoms with van der Waals surface area (Å²) in [7, 11) is 0. The van der Waals surface area contributed by atoms with E-state index in [0.29, 0.717) is 0 Å². The minimum absolute atomic E-state index is 0.862. The van der Waals surface area contributed by atoms with Crippen molar-refractivity contribution in [3.05, 3.63) is 279 Å². The molecule has 0 aliphatic heterocycles. The van der Waals surface area contributed by atoms with Crippen LogP contribution in [0.5, 0.6) is 0 Å². The van der Waals surface area contributed by atoms with Gasteiger partial charge in [-0.3, -0.25) is 0 Å². The summed E-state index contributed by atoms with van der Waals surface area (Å²) in [6.45, 7) is 0. The van der Waals surface area contributed by atoms with E-state index in [4.69, 9.17) is 4.42 Å². The van der Waals surface area contributed by atoms with E-state index >= 15 is 0 Å². The quantitative estimate of drug-likeness (QED) is 0.136. The number of para-hydroxylation sites is 2. The summed E-state index contributed by atoms with van der Waals surface area (Å²) >= 11 is 0. The van der Waals surface area contributed by atoms with Crippen molar-refractivity contribution in [1.82, 2.24) is 0 Å². The Kier molecular flexibility index (Phi) is 10.5. The van der Waals surface area contributed by atoms with E-state index in [0.717, 1.165) is 99.9 Å². The summed E-state index contributed by atoms with van der Waals surface area (Å²) in [6.07, 6.45) is 0. The van der Waals surface area contributed by atoms with Gasteiger partial charge in [0.1, 0.15) is 11.2 Å². The summed E-state index contributed by atoms with van der Waals surface area (Å²) in [5, 5.41) is 6.73. The lowest BCUT2D eigenvalue weighted by molar-refractivity contribution is 0.670. The van der Waals surface area contributed by atoms with Gasteiger partial charge in [0.15, 0.2) is 0 Å². The second-order valence-electron chi connectivity index (χ2n) is 18.1. The zero-order chi connectivity index (χ0) is 47.1. The van der Waals surface area contributed by atoms with E-state index in [9.17, 15) is 0 Å². The average molecular weight is 907 g/mol. The molecule has 0 unspecified atom stereocenters. The van der Waals surface area contributed by atoms with Gasteiger partial charge in [0.25, 0.3) is 0 Å². The standard InChI is InChI=1S/C68H46N2O/c1-7-19-47(20-8-1)51-33-37-65(61(41-51)49-23-11-3-12-24-49)69(57-27-15-5-16-28-57)59-35-31-53-43-63-64-44-54-32-36-60(40-56(54)46-68(64)71-67(63)45-55(53)39-59)70(58-29-17-6-18-30-58)66-38-34-52(48-21-9-2-10-22-48)42-62(66)50-25-13-4-14-26-50/h1-46H. The maximum Gasteiger partial charge on any atom is 0.136 e. The van der Waals surface area contributed by atoms with Crippen LogP contribution in [0.3, 0.4) is 0 Å². The van der Waals surface area contributed by atoms with Crippen molar-refractivity contribution in [2.75, 3.05) is 9.80 Å². The summed E-state index contributed by atoms with van der Waals surface area (Å²) in [6, 6.07) is 100. The van der Waals surface area contributed by atoms with E-state index in [1.807, 2.05) is 0 Å². The third-order valence-corrected chi connectivity index (χ3v) is 13.8. The highest BCUT2D eigenvalue weighted by Crippen LogP contribution is 2.46. The second kappa shape index (κ2) is 17.9. The topological polar surface area (TPSA) is 19.6 Å². The van der Waals surface area contributed by atoms with E-state index in [-0.39, 0.29) is 0 Å². The van der Waals surface area contributed by atoms with Crippen LogP contribution in [0.1, 0.15) is 0 Å². The minimum atomic E-state index is 0.862. The highest BCUT2D eigenvalue weighted by Gasteiger charge is 2.22. The van der Waals surface area contributed by atoms with Crippen molar-refractivity contribution in [1.29, 1.82) is 0 Å². The van der Waals surface area contributed by atoms with E-state index < -0.39 is 0 Å². The van der Waals surface area contributed by atoms with Gasteiger partial charge in [-0.2, -0.15) is 0 Å². The fraction of sp³-hybridized carbons (Fsp3) is 0. The van der Waals surface area contributed by atoms with Gasteiger partial charge < -0.3 is 14.2 Å². The van der Waals surface area contributed by atoms with Crippen molar-refractivity contribution >= 4 is 77.6 Å². The molecule has 1 heterocycles. The maximum absolute atomic E-state index is 6.85. The molecule has 0 saturated heterocycles. The lowest BCUT2D eigenvalue weighted by Gasteiger charge is -2.28. The number of hydrogen-bond donors (Lipinski definition) is 0. The molecule has 0 fully saturated rings. The summed E-state index contributed by atoms with van der Waals surface area (Å²) in [5.41, 5.74) is 17.6. The molecule has 13 aromatic rings. The molecular weight excluding hydrogens is 861 g/mol. The fourth-order valence-electron chi connectivity index (χ4n) is 10.3. The molecule has 3 heteroatoms. The lowest BCUT2D eigenvalue weighted by atomic mass is 9.96. The third kappa shape index (κ3) is 7.86. The van der Waals surface area contributed by atoms with Crippen LogP contribution in [-0.4, -0.2) is 0 Å². The SMILES string of the molecule is c1ccc(-c2ccc(N(c3ccccc3)c3ccc4cc5c(cc4c3)oc3cc4cc(N(c6ccccc6)c6ccc(-c7ccccc7)cc6-c6ccccc6)ccc4cc35)c(-c3ccccc3)c2)cc1. The molecule has 0 radical (unpaired) electrons. The molecule has 0 spiro atoms. The molecule has 0 atom stereocenters. The van der Waals surface area contributed by atoms with Crippen molar-refractivity contribution in [2.24, 2.45) is 0 Å². The van der Waals surface area contributed by atoms with Gasteiger partial charge in [-0.15, -0.1) is 0 Å². The minimum Gasteiger partial charge on any atom is -0.456 e. The number of rotatable bonds is 10. The van der Waals surface area contributed by atoms with Gasteiger partial charge >= 0.3 is 0 Å². The van der Waals surface area contributed by atoms with Gasteiger partial charge in [0.05, 0.1) is 11.4 Å². The highest BCUT2D eigenvalue weighted by molar-refractivity contribution is 6.14. The Morgan fingerprint density at radius 1 is 0.225 bits per heavy atom. The van der Waals surface area contributed by atoms with Crippen molar-refractivity contribution < 1.29 is 4.42 Å². The Bertz CT molecular complexity index is 3760. The molecule has 0 bridgehead atoms. The third-order valence-electron chi connectivity index (χ3n) is 13.8. The largest absolute Gasteiger partial charge is 0.456 e. The molecule has 0 saturated carbocycles. The fourth-order valence-corrected chi connectivity index (χ4v) is 10.3.